The third-order valence-corrected chi connectivity index (χ3v) is 5.08. The fourth-order valence-corrected chi connectivity index (χ4v) is 2.61. The van der Waals surface area contributed by atoms with Crippen LogP contribution < -0.4 is 0 Å². The van der Waals surface area contributed by atoms with Gasteiger partial charge >= 0.3 is 0 Å². The van der Waals surface area contributed by atoms with Crippen molar-refractivity contribution in [3.8, 4) is 0 Å². The second-order valence-electron chi connectivity index (χ2n) is 10.4. The van der Waals surface area contributed by atoms with E-state index in [4.69, 9.17) is 9.47 Å². The summed E-state index contributed by atoms with van der Waals surface area (Å²) >= 11 is 0. The Bertz CT molecular complexity index is 475. The van der Waals surface area contributed by atoms with Crippen LogP contribution in [0.3, 0.4) is 0 Å². The molecule has 0 saturated carbocycles. The van der Waals surface area contributed by atoms with E-state index in [0.29, 0.717) is 25.9 Å². The van der Waals surface area contributed by atoms with Crippen molar-refractivity contribution >= 4 is 11.6 Å². The SMILES string of the molecule is CC(CC(=O)C(C)(C)C(C)(C)OCCCC(=O)C(C)(C)C)OC(C)(C)C. The van der Waals surface area contributed by atoms with Crippen LogP contribution in [-0.4, -0.2) is 35.5 Å². The van der Waals surface area contributed by atoms with Gasteiger partial charge in [-0.2, -0.15) is 0 Å². The maximum Gasteiger partial charge on any atom is 0.143 e. The van der Waals surface area contributed by atoms with Crippen molar-refractivity contribution in [3.63, 3.8) is 0 Å². The van der Waals surface area contributed by atoms with Crippen molar-refractivity contribution in [1.82, 2.24) is 0 Å². The first-order chi connectivity index (χ1) is 11.4. The monoisotopic (exact) mass is 370 g/mol. The Morgan fingerprint density at radius 2 is 1.35 bits per heavy atom. The zero-order valence-corrected chi connectivity index (χ0v) is 19.0. The summed E-state index contributed by atoms with van der Waals surface area (Å²) in [5.41, 5.74) is -1.84. The molecular weight excluding hydrogens is 328 g/mol. The Labute approximate surface area is 161 Å². The number of hydrogen-bond acceptors (Lipinski definition) is 4. The van der Waals surface area contributed by atoms with Crippen LogP contribution in [0.2, 0.25) is 0 Å². The Kier molecular flexibility index (Phi) is 8.71. The molecule has 0 aliphatic carbocycles. The van der Waals surface area contributed by atoms with Crippen LogP contribution in [0.5, 0.6) is 0 Å². The molecule has 4 nitrogen and oxygen atoms in total. The summed E-state index contributed by atoms with van der Waals surface area (Å²) in [6.45, 7) is 21.9. The third-order valence-electron chi connectivity index (χ3n) is 5.08. The first kappa shape index (κ1) is 25.3. The minimum Gasteiger partial charge on any atom is -0.375 e. The molecule has 0 rings (SSSR count). The first-order valence-electron chi connectivity index (χ1n) is 9.78. The van der Waals surface area contributed by atoms with Crippen LogP contribution in [0.1, 0.15) is 95.4 Å². The van der Waals surface area contributed by atoms with Gasteiger partial charge in [0.15, 0.2) is 0 Å². The van der Waals surface area contributed by atoms with E-state index in [1.807, 2.05) is 76.2 Å². The molecule has 0 N–H and O–H groups in total. The first-order valence-corrected chi connectivity index (χ1v) is 9.78. The average molecular weight is 371 g/mol. The maximum absolute atomic E-state index is 12.9. The molecule has 1 unspecified atom stereocenters. The Balaban J connectivity index is 4.68. The minimum atomic E-state index is -0.642. The molecule has 0 saturated heterocycles. The van der Waals surface area contributed by atoms with Crippen LogP contribution in [0.15, 0.2) is 0 Å². The zero-order valence-electron chi connectivity index (χ0n) is 19.0. The summed E-state index contributed by atoms with van der Waals surface area (Å²) in [7, 11) is 0. The van der Waals surface area contributed by atoms with Gasteiger partial charge in [0.1, 0.15) is 11.6 Å². The van der Waals surface area contributed by atoms with Crippen LogP contribution in [0.4, 0.5) is 0 Å². The molecule has 0 aromatic heterocycles. The van der Waals surface area contributed by atoms with Crippen molar-refractivity contribution < 1.29 is 19.1 Å². The molecular formula is C22H42O4. The van der Waals surface area contributed by atoms with Gasteiger partial charge in [0.25, 0.3) is 0 Å². The number of ketones is 2. The van der Waals surface area contributed by atoms with E-state index in [1.165, 1.54) is 0 Å². The standard InChI is InChI=1S/C22H42O4/c1-16(26-20(5,6)7)15-18(24)21(8,9)22(10,11)25-14-12-13-17(23)19(2,3)4/h16H,12-15H2,1-11H3. The normalized spacial score (nSPS) is 15.0. The Morgan fingerprint density at radius 1 is 0.846 bits per heavy atom. The number of Topliss-reactive ketones (excluding diaryl/α,β-unsaturated/α-hetero) is 2. The number of rotatable bonds is 10. The van der Waals surface area contributed by atoms with Crippen molar-refractivity contribution in [2.45, 2.75) is 113 Å². The van der Waals surface area contributed by atoms with E-state index in [9.17, 15) is 9.59 Å². The molecule has 0 bridgehead atoms. The van der Waals surface area contributed by atoms with E-state index >= 15 is 0 Å². The number of hydrogen-bond donors (Lipinski definition) is 0. The molecule has 0 amide bonds. The highest BCUT2D eigenvalue weighted by molar-refractivity contribution is 5.85. The van der Waals surface area contributed by atoms with Gasteiger partial charge in [-0.15, -0.1) is 0 Å². The van der Waals surface area contributed by atoms with Crippen LogP contribution >= 0.6 is 0 Å². The maximum atomic E-state index is 12.9. The summed E-state index contributed by atoms with van der Waals surface area (Å²) in [5, 5.41) is 0. The van der Waals surface area contributed by atoms with E-state index in [0.717, 1.165) is 0 Å². The quantitative estimate of drug-likeness (QED) is 0.485. The van der Waals surface area contributed by atoms with Crippen LogP contribution in [0, 0.1) is 10.8 Å². The molecule has 0 heterocycles. The lowest BCUT2D eigenvalue weighted by Gasteiger charge is -2.41. The summed E-state index contributed by atoms with van der Waals surface area (Å²) in [4.78, 5) is 24.9. The summed E-state index contributed by atoms with van der Waals surface area (Å²) in [6.07, 6.45) is 1.40. The molecule has 0 aromatic carbocycles. The van der Waals surface area contributed by atoms with Gasteiger partial charge < -0.3 is 9.47 Å². The summed E-state index contributed by atoms with van der Waals surface area (Å²) in [5.74, 6) is 0.368. The number of carbonyl (C=O) groups excluding carboxylic acids is 2. The van der Waals surface area contributed by atoms with Crippen molar-refractivity contribution in [2.24, 2.45) is 10.8 Å². The zero-order chi connectivity index (χ0) is 21.0. The van der Waals surface area contributed by atoms with Gasteiger partial charge in [-0.1, -0.05) is 34.6 Å². The summed E-state index contributed by atoms with van der Waals surface area (Å²) in [6, 6.07) is 0. The lowest BCUT2D eigenvalue weighted by Crippen LogP contribution is -2.48. The largest absolute Gasteiger partial charge is 0.375 e. The van der Waals surface area contributed by atoms with E-state index in [1.54, 1.807) is 0 Å². The molecule has 0 aliphatic heterocycles. The van der Waals surface area contributed by atoms with E-state index in [-0.39, 0.29) is 28.7 Å². The van der Waals surface area contributed by atoms with Gasteiger partial charge in [-0.05, 0) is 48.0 Å². The molecule has 0 radical (unpaired) electrons. The summed E-state index contributed by atoms with van der Waals surface area (Å²) < 4.78 is 11.9. The molecule has 1 atom stereocenters. The van der Waals surface area contributed by atoms with Gasteiger partial charge in [-0.25, -0.2) is 0 Å². The lowest BCUT2D eigenvalue weighted by molar-refractivity contribution is -0.153. The van der Waals surface area contributed by atoms with Gasteiger partial charge in [0.05, 0.1) is 22.7 Å². The Hall–Kier alpha value is -0.740. The van der Waals surface area contributed by atoms with Crippen LogP contribution in [-0.2, 0) is 19.1 Å². The predicted molar refractivity (Wildman–Crippen MR) is 107 cm³/mol. The highest BCUT2D eigenvalue weighted by atomic mass is 16.5. The molecule has 0 spiro atoms. The third kappa shape index (κ3) is 8.30. The van der Waals surface area contributed by atoms with Gasteiger partial charge in [0, 0.05) is 24.9 Å². The molecule has 0 fully saturated rings. The van der Waals surface area contributed by atoms with E-state index in [2.05, 4.69) is 0 Å². The minimum absolute atomic E-state index is 0.130. The van der Waals surface area contributed by atoms with Gasteiger partial charge in [0.2, 0.25) is 0 Å². The molecule has 4 heteroatoms. The smallest absolute Gasteiger partial charge is 0.143 e. The van der Waals surface area contributed by atoms with Crippen molar-refractivity contribution in [3.05, 3.63) is 0 Å². The second kappa shape index (κ2) is 8.97. The topological polar surface area (TPSA) is 52.6 Å². The Morgan fingerprint density at radius 3 is 1.77 bits per heavy atom. The average Bonchev–Trinajstić information content (AvgIpc) is 2.39. The van der Waals surface area contributed by atoms with Crippen molar-refractivity contribution in [1.29, 1.82) is 0 Å². The predicted octanol–water partition coefficient (Wildman–Crippen LogP) is 5.37. The number of carbonyl (C=O) groups is 2. The van der Waals surface area contributed by atoms with E-state index < -0.39 is 11.0 Å². The van der Waals surface area contributed by atoms with Crippen molar-refractivity contribution in [2.75, 3.05) is 6.61 Å². The molecule has 26 heavy (non-hydrogen) atoms. The highest BCUT2D eigenvalue weighted by Crippen LogP contribution is 2.36. The highest BCUT2D eigenvalue weighted by Gasteiger charge is 2.44. The fraction of sp³-hybridized carbons (Fsp3) is 0.909. The number of ether oxygens (including phenoxy) is 2. The lowest BCUT2D eigenvalue weighted by atomic mass is 9.72. The fourth-order valence-electron chi connectivity index (χ4n) is 2.61. The second-order valence-corrected chi connectivity index (χ2v) is 10.4. The molecule has 0 aromatic rings. The molecule has 0 aliphatic rings. The van der Waals surface area contributed by atoms with Gasteiger partial charge in [-0.3, -0.25) is 9.59 Å². The van der Waals surface area contributed by atoms with Crippen LogP contribution in [0.25, 0.3) is 0 Å². The molecule has 154 valence electrons.